The van der Waals surface area contributed by atoms with Crippen molar-refractivity contribution in [2.75, 3.05) is 29.9 Å². The Bertz CT molecular complexity index is 1110. The van der Waals surface area contributed by atoms with Gasteiger partial charge in [0.15, 0.2) is 5.82 Å². The molecule has 5 heterocycles. The van der Waals surface area contributed by atoms with Crippen LogP contribution in [-0.4, -0.2) is 61.8 Å². The summed E-state index contributed by atoms with van der Waals surface area (Å²) in [4.78, 5) is 24.5. The van der Waals surface area contributed by atoms with E-state index in [1.807, 2.05) is 40.3 Å². The quantitative estimate of drug-likeness (QED) is 0.543. The molecule has 1 amide bonds. The van der Waals surface area contributed by atoms with Crippen LogP contribution in [0.1, 0.15) is 44.6 Å². The number of hydrogen-bond acceptors (Lipinski definition) is 7. The number of carbonyl (C=O) groups excluding carboxylic acids is 1. The number of fused-ring (bicyclic) bond motifs is 1. The Morgan fingerprint density at radius 1 is 1.19 bits per heavy atom. The van der Waals surface area contributed by atoms with E-state index in [9.17, 15) is 4.79 Å². The second kappa shape index (κ2) is 8.09. The zero-order valence-electron chi connectivity index (χ0n) is 18.1. The SMILES string of the molecule is O=C(N[C@@H]1CCCNC1)[C@@H]1CCCN1c1nc(Nc2cn(C3CC3)cn2)c2cccn2n1. The molecule has 2 aliphatic heterocycles. The Morgan fingerprint density at radius 3 is 2.97 bits per heavy atom. The maximum Gasteiger partial charge on any atom is 0.246 e. The van der Waals surface area contributed by atoms with Crippen molar-refractivity contribution in [2.45, 2.75) is 56.7 Å². The Hall–Kier alpha value is -3.14. The molecule has 32 heavy (non-hydrogen) atoms. The molecule has 3 aromatic rings. The van der Waals surface area contributed by atoms with Crippen molar-refractivity contribution >= 4 is 29.0 Å². The first kappa shape index (κ1) is 19.5. The average Bonchev–Trinajstić information content (AvgIpc) is 3.20. The molecule has 10 heteroatoms. The Morgan fingerprint density at radius 2 is 2.12 bits per heavy atom. The number of carbonyl (C=O) groups is 1. The summed E-state index contributed by atoms with van der Waals surface area (Å²) < 4.78 is 3.97. The molecule has 0 aromatic carbocycles. The predicted octanol–water partition coefficient (Wildman–Crippen LogP) is 1.84. The standard InChI is InChI=1S/C22H29N9O/c32-21(25-15-4-1-9-23-12-15)18-6-2-10-30(18)22-27-20(17-5-3-11-31(17)28-22)26-19-13-29(14-24-19)16-7-8-16/h3,5,11,13-16,18,23H,1-2,4,6-10,12H2,(H,25,32)(H,26,27,28)/t15-,18+/m1/s1. The van der Waals surface area contributed by atoms with Gasteiger partial charge in [-0.2, -0.15) is 4.98 Å². The summed E-state index contributed by atoms with van der Waals surface area (Å²) in [5.41, 5.74) is 0.878. The molecule has 6 rings (SSSR count). The normalized spacial score (nSPS) is 23.6. The molecule has 2 saturated heterocycles. The number of hydrogen-bond donors (Lipinski definition) is 3. The van der Waals surface area contributed by atoms with E-state index < -0.39 is 0 Å². The van der Waals surface area contributed by atoms with Gasteiger partial charge in [-0.15, -0.1) is 5.10 Å². The van der Waals surface area contributed by atoms with Gasteiger partial charge in [-0.05, 0) is 57.2 Å². The Balaban J connectivity index is 1.25. The minimum atomic E-state index is -0.244. The number of amides is 1. The maximum atomic E-state index is 13.1. The summed E-state index contributed by atoms with van der Waals surface area (Å²) in [6.07, 6.45) is 12.1. The third kappa shape index (κ3) is 3.79. The molecule has 0 radical (unpaired) electrons. The molecular formula is C22H29N9O. The molecule has 3 N–H and O–H groups in total. The third-order valence-corrected chi connectivity index (χ3v) is 6.65. The van der Waals surface area contributed by atoms with Gasteiger partial charge in [0.2, 0.25) is 11.9 Å². The van der Waals surface area contributed by atoms with Gasteiger partial charge < -0.3 is 25.4 Å². The monoisotopic (exact) mass is 435 g/mol. The molecule has 1 saturated carbocycles. The molecular weight excluding hydrogens is 406 g/mol. The van der Waals surface area contributed by atoms with Gasteiger partial charge >= 0.3 is 0 Å². The summed E-state index contributed by atoms with van der Waals surface area (Å²) in [6, 6.07) is 4.47. The van der Waals surface area contributed by atoms with Gasteiger partial charge in [-0.3, -0.25) is 4.79 Å². The molecule has 3 aliphatic rings. The lowest BCUT2D eigenvalue weighted by atomic mass is 10.1. The van der Waals surface area contributed by atoms with Crippen LogP contribution in [-0.2, 0) is 4.79 Å². The van der Waals surface area contributed by atoms with Crippen LogP contribution in [0.2, 0.25) is 0 Å². The van der Waals surface area contributed by atoms with Crippen molar-refractivity contribution in [1.82, 2.24) is 34.8 Å². The lowest BCUT2D eigenvalue weighted by molar-refractivity contribution is -0.123. The van der Waals surface area contributed by atoms with Crippen molar-refractivity contribution in [3.05, 3.63) is 30.9 Å². The molecule has 10 nitrogen and oxygen atoms in total. The van der Waals surface area contributed by atoms with Crippen LogP contribution < -0.4 is 20.9 Å². The van der Waals surface area contributed by atoms with E-state index in [-0.39, 0.29) is 18.0 Å². The van der Waals surface area contributed by atoms with Crippen LogP contribution >= 0.6 is 0 Å². The summed E-state index contributed by atoms with van der Waals surface area (Å²) >= 11 is 0. The minimum Gasteiger partial charge on any atom is -0.350 e. The molecule has 3 fully saturated rings. The number of piperidine rings is 1. The van der Waals surface area contributed by atoms with Gasteiger partial charge in [-0.25, -0.2) is 9.50 Å². The highest BCUT2D eigenvalue weighted by Gasteiger charge is 2.34. The maximum absolute atomic E-state index is 13.1. The Kier molecular flexibility index (Phi) is 4.94. The predicted molar refractivity (Wildman–Crippen MR) is 121 cm³/mol. The second-order valence-electron chi connectivity index (χ2n) is 9.06. The highest BCUT2D eigenvalue weighted by atomic mass is 16.2. The number of nitrogens with one attached hydrogen (secondary N) is 3. The molecule has 168 valence electrons. The van der Waals surface area contributed by atoms with Gasteiger partial charge in [-0.1, -0.05) is 0 Å². The van der Waals surface area contributed by atoms with E-state index in [4.69, 9.17) is 10.1 Å². The van der Waals surface area contributed by atoms with Crippen molar-refractivity contribution < 1.29 is 4.79 Å². The summed E-state index contributed by atoms with van der Waals surface area (Å²) in [6.45, 7) is 2.64. The zero-order valence-corrected chi connectivity index (χ0v) is 18.1. The molecule has 0 bridgehead atoms. The van der Waals surface area contributed by atoms with Crippen LogP contribution in [0.15, 0.2) is 30.9 Å². The number of anilines is 3. The zero-order chi connectivity index (χ0) is 21.5. The summed E-state index contributed by atoms with van der Waals surface area (Å²) in [5.74, 6) is 2.11. The largest absolute Gasteiger partial charge is 0.350 e. The van der Waals surface area contributed by atoms with Crippen molar-refractivity contribution in [1.29, 1.82) is 0 Å². The van der Waals surface area contributed by atoms with Crippen LogP contribution in [0.5, 0.6) is 0 Å². The third-order valence-electron chi connectivity index (χ3n) is 6.65. The fourth-order valence-electron chi connectivity index (χ4n) is 4.78. The van der Waals surface area contributed by atoms with Crippen molar-refractivity contribution in [3.8, 4) is 0 Å². The Labute approximate surface area is 186 Å². The fraction of sp³-hybridized carbons (Fsp3) is 0.545. The first-order valence-corrected chi connectivity index (χ1v) is 11.7. The van der Waals surface area contributed by atoms with Crippen LogP contribution in [0.4, 0.5) is 17.6 Å². The molecule has 0 unspecified atom stereocenters. The van der Waals surface area contributed by atoms with Crippen molar-refractivity contribution in [3.63, 3.8) is 0 Å². The molecule has 3 aromatic heterocycles. The average molecular weight is 436 g/mol. The topological polar surface area (TPSA) is 104 Å². The van der Waals surface area contributed by atoms with Gasteiger partial charge in [0.05, 0.1) is 6.33 Å². The molecule has 0 spiro atoms. The smallest absolute Gasteiger partial charge is 0.246 e. The van der Waals surface area contributed by atoms with Crippen LogP contribution in [0.25, 0.3) is 5.52 Å². The molecule has 1 aliphatic carbocycles. The lowest BCUT2D eigenvalue weighted by Gasteiger charge is -2.28. The van der Waals surface area contributed by atoms with E-state index >= 15 is 0 Å². The first-order chi connectivity index (χ1) is 15.7. The molecule has 2 atom stereocenters. The summed E-state index contributed by atoms with van der Waals surface area (Å²) in [5, 5.41) is 14.7. The van der Waals surface area contributed by atoms with Crippen LogP contribution in [0.3, 0.4) is 0 Å². The second-order valence-corrected chi connectivity index (χ2v) is 9.06. The fourth-order valence-corrected chi connectivity index (χ4v) is 4.78. The highest BCUT2D eigenvalue weighted by Crippen LogP contribution is 2.35. The van der Waals surface area contributed by atoms with E-state index in [0.717, 1.165) is 56.7 Å². The first-order valence-electron chi connectivity index (χ1n) is 11.7. The minimum absolute atomic E-state index is 0.0742. The van der Waals surface area contributed by atoms with Gasteiger partial charge in [0.1, 0.15) is 17.4 Å². The van der Waals surface area contributed by atoms with Gasteiger partial charge in [0, 0.05) is 37.6 Å². The van der Waals surface area contributed by atoms with Crippen LogP contribution in [0, 0.1) is 0 Å². The lowest BCUT2D eigenvalue weighted by Crippen LogP contribution is -2.51. The van der Waals surface area contributed by atoms with E-state index in [1.54, 1.807) is 0 Å². The number of rotatable bonds is 6. The van der Waals surface area contributed by atoms with E-state index in [2.05, 4.69) is 25.5 Å². The number of nitrogens with zero attached hydrogens (tertiary/aromatic N) is 6. The highest BCUT2D eigenvalue weighted by molar-refractivity contribution is 5.86. The van der Waals surface area contributed by atoms with Gasteiger partial charge in [0.25, 0.3) is 0 Å². The summed E-state index contributed by atoms with van der Waals surface area (Å²) in [7, 11) is 0. The van der Waals surface area contributed by atoms with E-state index in [0.29, 0.717) is 17.8 Å². The number of aromatic nitrogens is 5. The van der Waals surface area contributed by atoms with E-state index in [1.165, 1.54) is 12.8 Å². The van der Waals surface area contributed by atoms with Crippen molar-refractivity contribution in [2.24, 2.45) is 0 Å². The number of imidazole rings is 1.